The van der Waals surface area contributed by atoms with Crippen molar-refractivity contribution >= 4 is 29.0 Å². The highest BCUT2D eigenvalue weighted by molar-refractivity contribution is 7.99. The molecule has 1 heterocycles. The van der Waals surface area contributed by atoms with Crippen LogP contribution in [0.3, 0.4) is 0 Å². The molecule has 0 saturated carbocycles. The molecule has 1 aromatic carbocycles. The maximum Gasteiger partial charge on any atom is 0.230 e. The number of hydrogen-bond donors (Lipinski definition) is 1. The molecule has 0 radical (unpaired) electrons. The summed E-state index contributed by atoms with van der Waals surface area (Å²) in [7, 11) is 0. The topological polar surface area (TPSA) is 38.3 Å². The minimum absolute atomic E-state index is 0.0734. The van der Waals surface area contributed by atoms with Crippen molar-refractivity contribution < 1.29 is 9.53 Å². The van der Waals surface area contributed by atoms with Gasteiger partial charge in [0.2, 0.25) is 5.91 Å². The van der Waals surface area contributed by atoms with Crippen molar-refractivity contribution in [3.8, 4) is 5.75 Å². The molecule has 0 fully saturated rings. The first-order valence-corrected chi connectivity index (χ1v) is 8.84. The second-order valence-corrected chi connectivity index (χ2v) is 6.66. The zero-order valence-electron chi connectivity index (χ0n) is 12.0. The summed E-state index contributed by atoms with van der Waals surface area (Å²) in [5, 5.41) is 4.93. The van der Waals surface area contributed by atoms with E-state index in [0.717, 1.165) is 17.1 Å². The van der Waals surface area contributed by atoms with Gasteiger partial charge in [-0.3, -0.25) is 4.79 Å². The molecule has 0 aliphatic rings. The zero-order chi connectivity index (χ0) is 14.9. The number of thioether (sulfide) groups is 1. The quantitative estimate of drug-likeness (QED) is 0.757. The first-order valence-electron chi connectivity index (χ1n) is 6.81. The number of para-hydroxylation sites is 1. The van der Waals surface area contributed by atoms with Gasteiger partial charge in [-0.2, -0.15) is 0 Å². The van der Waals surface area contributed by atoms with Gasteiger partial charge in [-0.15, -0.1) is 23.1 Å². The highest BCUT2D eigenvalue weighted by Crippen LogP contribution is 2.16. The largest absolute Gasteiger partial charge is 0.492 e. The van der Waals surface area contributed by atoms with Gasteiger partial charge in [0.25, 0.3) is 0 Å². The molecule has 0 saturated heterocycles. The fourth-order valence-corrected chi connectivity index (χ4v) is 3.02. The summed E-state index contributed by atoms with van der Waals surface area (Å²) in [6.07, 6.45) is 0. The smallest absolute Gasteiger partial charge is 0.230 e. The van der Waals surface area contributed by atoms with E-state index in [9.17, 15) is 4.79 Å². The Labute approximate surface area is 133 Å². The van der Waals surface area contributed by atoms with Crippen LogP contribution in [0.15, 0.2) is 41.8 Å². The van der Waals surface area contributed by atoms with Gasteiger partial charge in [-0.05, 0) is 30.0 Å². The Morgan fingerprint density at radius 1 is 1.29 bits per heavy atom. The number of nitrogens with one attached hydrogen (secondary N) is 1. The molecule has 1 N–H and O–H groups in total. The molecule has 1 amide bonds. The molecule has 0 aliphatic carbocycles. The fraction of sp³-hybridized carbons (Fsp3) is 0.312. The lowest BCUT2D eigenvalue weighted by Gasteiger charge is -2.08. The van der Waals surface area contributed by atoms with Crippen molar-refractivity contribution in [3.05, 3.63) is 52.2 Å². The molecule has 1 aromatic heterocycles. The van der Waals surface area contributed by atoms with Crippen LogP contribution in [0.25, 0.3) is 0 Å². The molecular weight excluding hydrogens is 302 g/mol. The van der Waals surface area contributed by atoms with Crippen LogP contribution < -0.4 is 10.1 Å². The predicted octanol–water partition coefficient (Wildman–Crippen LogP) is 3.48. The Balaban J connectivity index is 1.55. The van der Waals surface area contributed by atoms with Crippen molar-refractivity contribution in [2.45, 2.75) is 13.5 Å². The van der Waals surface area contributed by atoms with E-state index in [1.165, 1.54) is 4.88 Å². The third-order valence-electron chi connectivity index (χ3n) is 2.85. The van der Waals surface area contributed by atoms with Gasteiger partial charge in [-0.1, -0.05) is 24.3 Å². The SMILES string of the molecule is Cc1ccccc1OCCSCC(=O)NCc1cccs1. The van der Waals surface area contributed by atoms with Crippen LogP contribution in [0, 0.1) is 6.92 Å². The predicted molar refractivity (Wildman–Crippen MR) is 90.2 cm³/mol. The lowest BCUT2D eigenvalue weighted by atomic mass is 10.2. The van der Waals surface area contributed by atoms with Crippen LogP contribution in [0.1, 0.15) is 10.4 Å². The summed E-state index contributed by atoms with van der Waals surface area (Å²) < 4.78 is 5.69. The third-order valence-corrected chi connectivity index (χ3v) is 4.65. The Bertz CT molecular complexity index is 555. The molecule has 0 aliphatic heterocycles. The number of thiophene rings is 1. The number of hydrogen-bond acceptors (Lipinski definition) is 4. The van der Waals surface area contributed by atoms with Crippen LogP contribution in [-0.2, 0) is 11.3 Å². The maximum atomic E-state index is 11.7. The van der Waals surface area contributed by atoms with E-state index in [0.29, 0.717) is 18.9 Å². The van der Waals surface area contributed by atoms with Gasteiger partial charge in [0.15, 0.2) is 0 Å². The van der Waals surface area contributed by atoms with E-state index in [1.807, 2.05) is 48.7 Å². The molecular formula is C16H19NO2S2. The van der Waals surface area contributed by atoms with Gasteiger partial charge in [0.1, 0.15) is 5.75 Å². The monoisotopic (exact) mass is 321 g/mol. The van der Waals surface area contributed by atoms with Gasteiger partial charge in [-0.25, -0.2) is 0 Å². The Morgan fingerprint density at radius 2 is 2.14 bits per heavy atom. The van der Waals surface area contributed by atoms with E-state index in [4.69, 9.17) is 4.74 Å². The number of benzene rings is 1. The normalized spacial score (nSPS) is 10.3. The molecule has 0 spiro atoms. The van der Waals surface area contributed by atoms with Gasteiger partial charge < -0.3 is 10.1 Å². The number of aryl methyl sites for hydroxylation is 1. The van der Waals surface area contributed by atoms with E-state index in [2.05, 4.69) is 5.32 Å². The average molecular weight is 321 g/mol. The molecule has 0 atom stereocenters. The number of rotatable bonds is 8. The molecule has 2 aromatic rings. The molecule has 2 rings (SSSR count). The van der Waals surface area contributed by atoms with Crippen LogP contribution in [0.5, 0.6) is 5.75 Å². The van der Waals surface area contributed by atoms with E-state index in [-0.39, 0.29) is 5.91 Å². The van der Waals surface area contributed by atoms with Crippen LogP contribution >= 0.6 is 23.1 Å². The highest BCUT2D eigenvalue weighted by Gasteiger charge is 2.03. The van der Waals surface area contributed by atoms with E-state index < -0.39 is 0 Å². The summed E-state index contributed by atoms with van der Waals surface area (Å²) >= 11 is 3.24. The van der Waals surface area contributed by atoms with Gasteiger partial charge >= 0.3 is 0 Å². The zero-order valence-corrected chi connectivity index (χ0v) is 13.6. The second kappa shape index (κ2) is 8.74. The summed E-state index contributed by atoms with van der Waals surface area (Å²) in [5.74, 6) is 2.27. The standard InChI is InChI=1S/C16H19NO2S2/c1-13-5-2-3-7-15(13)19-8-10-20-12-16(18)17-11-14-6-4-9-21-14/h2-7,9H,8,10-12H2,1H3,(H,17,18). The molecule has 21 heavy (non-hydrogen) atoms. The minimum atomic E-state index is 0.0734. The van der Waals surface area contributed by atoms with Crippen LogP contribution in [0.4, 0.5) is 0 Å². The molecule has 5 heteroatoms. The highest BCUT2D eigenvalue weighted by atomic mass is 32.2. The number of ether oxygens (including phenoxy) is 1. The Morgan fingerprint density at radius 3 is 2.90 bits per heavy atom. The minimum Gasteiger partial charge on any atom is -0.492 e. The van der Waals surface area contributed by atoms with Crippen LogP contribution in [0.2, 0.25) is 0 Å². The average Bonchev–Trinajstić information content (AvgIpc) is 3.00. The van der Waals surface area contributed by atoms with Crippen molar-refractivity contribution in [2.75, 3.05) is 18.1 Å². The van der Waals surface area contributed by atoms with Gasteiger partial charge in [0, 0.05) is 10.6 Å². The first-order chi connectivity index (χ1) is 10.3. The molecule has 0 bridgehead atoms. The Kier molecular flexibility index (Phi) is 6.63. The van der Waals surface area contributed by atoms with Crippen molar-refractivity contribution in [1.82, 2.24) is 5.32 Å². The van der Waals surface area contributed by atoms with Crippen LogP contribution in [-0.4, -0.2) is 24.0 Å². The second-order valence-electron chi connectivity index (χ2n) is 4.52. The van der Waals surface area contributed by atoms with Crippen molar-refractivity contribution in [2.24, 2.45) is 0 Å². The van der Waals surface area contributed by atoms with Crippen molar-refractivity contribution in [3.63, 3.8) is 0 Å². The van der Waals surface area contributed by atoms with Crippen molar-refractivity contribution in [1.29, 1.82) is 0 Å². The Hall–Kier alpha value is -1.46. The third kappa shape index (κ3) is 5.81. The van der Waals surface area contributed by atoms with E-state index in [1.54, 1.807) is 23.1 Å². The lowest BCUT2D eigenvalue weighted by molar-refractivity contribution is -0.118. The van der Waals surface area contributed by atoms with Gasteiger partial charge in [0.05, 0.1) is 18.9 Å². The lowest BCUT2D eigenvalue weighted by Crippen LogP contribution is -2.24. The number of amides is 1. The summed E-state index contributed by atoms with van der Waals surface area (Å²) in [5.41, 5.74) is 1.14. The fourth-order valence-electron chi connectivity index (χ4n) is 1.74. The summed E-state index contributed by atoms with van der Waals surface area (Å²) in [6, 6.07) is 12.0. The maximum absolute atomic E-state index is 11.7. The molecule has 3 nitrogen and oxygen atoms in total. The number of carbonyl (C=O) groups excluding carboxylic acids is 1. The first kappa shape index (κ1) is 15.9. The summed E-state index contributed by atoms with van der Waals surface area (Å²) in [4.78, 5) is 12.8. The van der Waals surface area contributed by atoms with E-state index >= 15 is 0 Å². The summed E-state index contributed by atoms with van der Waals surface area (Å²) in [6.45, 7) is 3.27. The molecule has 112 valence electrons. The molecule has 0 unspecified atom stereocenters. The number of carbonyl (C=O) groups is 1.